The Bertz CT molecular complexity index is 256. The van der Waals surface area contributed by atoms with Crippen LogP contribution in [-0.2, 0) is 3.63 Å². The molecule has 144 valence electrons. The minimum absolute atomic E-state index is 0.687. The van der Waals surface area contributed by atoms with E-state index in [4.69, 9.17) is 15.1 Å². The highest BCUT2D eigenvalue weighted by Gasteiger charge is 2.21. The SMILES string of the molecule is CS(C)(CNCCNCCN)OS(C)(C)CNCCNCCN. The molecule has 0 heterocycles. The van der Waals surface area contributed by atoms with Gasteiger partial charge in [0.25, 0.3) is 0 Å². The van der Waals surface area contributed by atoms with E-state index < -0.39 is 20.6 Å². The molecule has 0 bridgehead atoms. The zero-order chi connectivity index (χ0) is 17.6. The third-order valence-electron chi connectivity index (χ3n) is 2.87. The highest BCUT2D eigenvalue weighted by atomic mass is 32.3. The van der Waals surface area contributed by atoms with Gasteiger partial charge in [-0.25, -0.2) is 0 Å². The van der Waals surface area contributed by atoms with Crippen LogP contribution in [0.1, 0.15) is 0 Å². The second-order valence-electron chi connectivity index (χ2n) is 6.31. The molecule has 0 radical (unpaired) electrons. The fourth-order valence-electron chi connectivity index (χ4n) is 1.99. The molecule has 0 aliphatic rings. The van der Waals surface area contributed by atoms with Gasteiger partial charge >= 0.3 is 0 Å². The highest BCUT2D eigenvalue weighted by Crippen LogP contribution is 2.56. The van der Waals surface area contributed by atoms with Gasteiger partial charge in [-0.15, -0.1) is 20.6 Å². The van der Waals surface area contributed by atoms with E-state index in [2.05, 4.69) is 46.3 Å². The fourth-order valence-corrected chi connectivity index (χ4v) is 7.64. The van der Waals surface area contributed by atoms with Crippen LogP contribution in [0.3, 0.4) is 0 Å². The van der Waals surface area contributed by atoms with Crippen molar-refractivity contribution in [2.75, 3.05) is 89.1 Å². The van der Waals surface area contributed by atoms with E-state index >= 15 is 0 Å². The molecule has 0 aromatic carbocycles. The molecule has 0 unspecified atom stereocenters. The second-order valence-corrected chi connectivity index (χ2v) is 13.2. The summed E-state index contributed by atoms with van der Waals surface area (Å²) in [4.78, 5) is 0. The van der Waals surface area contributed by atoms with Crippen molar-refractivity contribution >= 4 is 20.6 Å². The Kier molecular flexibility index (Phi) is 13.9. The quantitative estimate of drug-likeness (QED) is 0.196. The summed E-state index contributed by atoms with van der Waals surface area (Å²) >= 11 is 0. The summed E-state index contributed by atoms with van der Waals surface area (Å²) in [6, 6.07) is 0. The molecule has 0 aliphatic heterocycles. The zero-order valence-corrected chi connectivity index (χ0v) is 17.1. The van der Waals surface area contributed by atoms with E-state index in [9.17, 15) is 0 Å². The van der Waals surface area contributed by atoms with Gasteiger partial charge in [0.1, 0.15) is 0 Å². The summed E-state index contributed by atoms with van der Waals surface area (Å²) in [7, 11) is -2.16. The van der Waals surface area contributed by atoms with Crippen molar-refractivity contribution in [3.8, 4) is 0 Å². The van der Waals surface area contributed by atoms with Crippen LogP contribution in [0.4, 0.5) is 0 Å². The lowest BCUT2D eigenvalue weighted by Gasteiger charge is -2.42. The van der Waals surface area contributed by atoms with Crippen LogP contribution < -0.4 is 32.7 Å². The predicted molar refractivity (Wildman–Crippen MR) is 110 cm³/mol. The fraction of sp³-hybridized carbons (Fsp3) is 1.00. The molecule has 0 atom stereocenters. The Morgan fingerprint density at radius 1 is 0.609 bits per heavy atom. The lowest BCUT2D eigenvalue weighted by atomic mass is 10.6. The highest BCUT2D eigenvalue weighted by molar-refractivity contribution is 8.40. The summed E-state index contributed by atoms with van der Waals surface area (Å²) in [6.07, 6.45) is 8.91. The normalized spacial score (nSPS) is 14.2. The monoisotopic (exact) mass is 372 g/mol. The van der Waals surface area contributed by atoms with E-state index in [1.165, 1.54) is 0 Å². The minimum atomic E-state index is -1.08. The average Bonchev–Trinajstić information content (AvgIpc) is 2.45. The van der Waals surface area contributed by atoms with E-state index in [0.717, 1.165) is 51.0 Å². The largest absolute Gasteiger partial charge is 0.329 e. The van der Waals surface area contributed by atoms with Gasteiger partial charge in [-0.1, -0.05) is 0 Å². The van der Waals surface area contributed by atoms with Crippen LogP contribution in [-0.4, -0.2) is 89.1 Å². The van der Waals surface area contributed by atoms with Crippen molar-refractivity contribution in [2.24, 2.45) is 11.5 Å². The molecule has 0 aromatic rings. The maximum absolute atomic E-state index is 6.44. The Hall–Kier alpha value is 0.420. The standard InChI is InChI=1S/C14H40N6OS2/c1-22(2,13-19-11-9-17-7-5-15)21-23(3,4)14-20-12-10-18-8-6-16/h17-20H,5-16H2,1-4H3. The van der Waals surface area contributed by atoms with Crippen LogP contribution in [0.15, 0.2) is 0 Å². The van der Waals surface area contributed by atoms with Crippen LogP contribution in [0.2, 0.25) is 0 Å². The zero-order valence-electron chi connectivity index (χ0n) is 15.5. The van der Waals surface area contributed by atoms with Crippen molar-refractivity contribution in [2.45, 2.75) is 0 Å². The Morgan fingerprint density at radius 2 is 0.957 bits per heavy atom. The molecule has 9 heteroatoms. The maximum Gasteiger partial charge on any atom is 0.0481 e. The van der Waals surface area contributed by atoms with Crippen molar-refractivity contribution in [3.05, 3.63) is 0 Å². The lowest BCUT2D eigenvalue weighted by Crippen LogP contribution is -2.34. The number of rotatable bonds is 16. The van der Waals surface area contributed by atoms with Gasteiger partial charge in [-0.3, -0.25) is 3.63 Å². The van der Waals surface area contributed by atoms with Crippen LogP contribution in [0.25, 0.3) is 0 Å². The van der Waals surface area contributed by atoms with Crippen molar-refractivity contribution in [1.29, 1.82) is 0 Å². The van der Waals surface area contributed by atoms with Crippen LogP contribution in [0, 0.1) is 0 Å². The molecule has 0 saturated carbocycles. The lowest BCUT2D eigenvalue weighted by molar-refractivity contribution is 0.624. The average molecular weight is 373 g/mol. The second kappa shape index (κ2) is 13.7. The first-order chi connectivity index (χ1) is 10.8. The van der Waals surface area contributed by atoms with Gasteiger partial charge in [-0.05, 0) is 25.0 Å². The van der Waals surface area contributed by atoms with Gasteiger partial charge in [-0.2, -0.15) is 0 Å². The van der Waals surface area contributed by atoms with E-state index in [-0.39, 0.29) is 0 Å². The van der Waals surface area contributed by atoms with Gasteiger partial charge in [0, 0.05) is 64.1 Å². The molecular weight excluding hydrogens is 332 g/mol. The maximum atomic E-state index is 6.44. The molecule has 0 fully saturated rings. The van der Waals surface area contributed by atoms with Crippen molar-refractivity contribution in [3.63, 3.8) is 0 Å². The molecule has 0 aromatic heterocycles. The molecule has 0 rings (SSSR count). The van der Waals surface area contributed by atoms with Crippen LogP contribution >= 0.6 is 20.6 Å². The van der Waals surface area contributed by atoms with E-state index in [0.29, 0.717) is 13.1 Å². The molecule has 0 saturated heterocycles. The molecule has 8 N–H and O–H groups in total. The Labute approximate surface area is 146 Å². The van der Waals surface area contributed by atoms with E-state index in [1.54, 1.807) is 0 Å². The minimum Gasteiger partial charge on any atom is -0.329 e. The van der Waals surface area contributed by atoms with Crippen molar-refractivity contribution in [1.82, 2.24) is 21.3 Å². The number of hydrogen-bond donors (Lipinski definition) is 6. The number of nitrogens with two attached hydrogens (primary N) is 2. The van der Waals surface area contributed by atoms with E-state index in [1.807, 2.05) is 0 Å². The molecule has 0 amide bonds. The third-order valence-corrected chi connectivity index (χ3v) is 7.61. The van der Waals surface area contributed by atoms with Gasteiger partial charge in [0.2, 0.25) is 0 Å². The molecule has 23 heavy (non-hydrogen) atoms. The first-order valence-corrected chi connectivity index (χ1v) is 13.3. The van der Waals surface area contributed by atoms with Crippen molar-refractivity contribution < 1.29 is 3.63 Å². The number of nitrogens with one attached hydrogen (secondary N) is 4. The summed E-state index contributed by atoms with van der Waals surface area (Å²) in [6.45, 7) is 6.90. The topological polar surface area (TPSA) is 109 Å². The summed E-state index contributed by atoms with van der Waals surface area (Å²) in [5.41, 5.74) is 10.9. The summed E-state index contributed by atoms with van der Waals surface area (Å²) < 4.78 is 6.44. The molecule has 7 nitrogen and oxygen atoms in total. The summed E-state index contributed by atoms with van der Waals surface area (Å²) in [5.74, 6) is 1.84. The molecule has 0 aliphatic carbocycles. The van der Waals surface area contributed by atoms with Crippen LogP contribution in [0.5, 0.6) is 0 Å². The Balaban J connectivity index is 3.82. The van der Waals surface area contributed by atoms with Gasteiger partial charge in [0.15, 0.2) is 0 Å². The van der Waals surface area contributed by atoms with Gasteiger partial charge < -0.3 is 32.7 Å². The van der Waals surface area contributed by atoms with Gasteiger partial charge in [0.05, 0.1) is 0 Å². The third kappa shape index (κ3) is 15.7. The Morgan fingerprint density at radius 3 is 1.30 bits per heavy atom. The first kappa shape index (κ1) is 23.4. The smallest absolute Gasteiger partial charge is 0.0481 e. The summed E-state index contributed by atoms with van der Waals surface area (Å²) in [5, 5.41) is 13.5. The number of hydrogen-bond acceptors (Lipinski definition) is 7. The first-order valence-electron chi connectivity index (χ1n) is 8.19. The predicted octanol–water partition coefficient (Wildman–Crippen LogP) is -0.848. The molecule has 0 spiro atoms. The molecular formula is C14H40N6OS2.